The molecule has 0 aliphatic heterocycles. The van der Waals surface area contributed by atoms with Gasteiger partial charge in [0.15, 0.2) is 11.6 Å². The van der Waals surface area contributed by atoms with Crippen LogP contribution >= 0.6 is 0 Å². The summed E-state index contributed by atoms with van der Waals surface area (Å²) in [5, 5.41) is 0. The SMILES string of the molecule is Cc1nc(N)cc(-c2ccc(C)c(F)c2F)n1. The molecule has 0 fully saturated rings. The van der Waals surface area contributed by atoms with E-state index in [2.05, 4.69) is 9.97 Å². The second kappa shape index (κ2) is 4.08. The number of aryl methyl sites for hydroxylation is 2. The van der Waals surface area contributed by atoms with Crippen molar-refractivity contribution in [3.63, 3.8) is 0 Å². The molecule has 5 heteroatoms. The summed E-state index contributed by atoms with van der Waals surface area (Å²) >= 11 is 0. The van der Waals surface area contributed by atoms with E-state index in [1.807, 2.05) is 0 Å². The van der Waals surface area contributed by atoms with Crippen LogP contribution in [-0.4, -0.2) is 9.97 Å². The molecule has 0 bridgehead atoms. The smallest absolute Gasteiger partial charge is 0.168 e. The van der Waals surface area contributed by atoms with E-state index in [9.17, 15) is 8.78 Å². The predicted molar refractivity (Wildman–Crippen MR) is 61.3 cm³/mol. The molecule has 1 heterocycles. The lowest BCUT2D eigenvalue weighted by Crippen LogP contribution is -2.00. The molecule has 0 saturated carbocycles. The van der Waals surface area contributed by atoms with Gasteiger partial charge in [-0.1, -0.05) is 6.07 Å². The Labute approximate surface area is 97.3 Å². The zero-order valence-electron chi connectivity index (χ0n) is 9.46. The molecule has 0 unspecified atom stereocenters. The molecular formula is C12H11F2N3. The first-order chi connectivity index (χ1) is 7.99. The number of benzene rings is 1. The Morgan fingerprint density at radius 1 is 1.06 bits per heavy atom. The Hall–Kier alpha value is -2.04. The van der Waals surface area contributed by atoms with Crippen molar-refractivity contribution in [3.8, 4) is 11.3 Å². The third kappa shape index (κ3) is 2.08. The lowest BCUT2D eigenvalue weighted by molar-refractivity contribution is 0.505. The summed E-state index contributed by atoms with van der Waals surface area (Å²) < 4.78 is 27.2. The van der Waals surface area contributed by atoms with E-state index in [1.54, 1.807) is 6.92 Å². The quantitative estimate of drug-likeness (QED) is 0.826. The number of hydrogen-bond donors (Lipinski definition) is 1. The first-order valence-corrected chi connectivity index (χ1v) is 5.05. The van der Waals surface area contributed by atoms with Gasteiger partial charge >= 0.3 is 0 Å². The van der Waals surface area contributed by atoms with E-state index in [-0.39, 0.29) is 22.6 Å². The molecule has 2 N–H and O–H groups in total. The van der Waals surface area contributed by atoms with Crippen LogP contribution in [0.3, 0.4) is 0 Å². The molecule has 0 aliphatic carbocycles. The fraction of sp³-hybridized carbons (Fsp3) is 0.167. The summed E-state index contributed by atoms with van der Waals surface area (Å²) in [6.07, 6.45) is 0. The van der Waals surface area contributed by atoms with E-state index >= 15 is 0 Å². The van der Waals surface area contributed by atoms with Crippen molar-refractivity contribution in [1.82, 2.24) is 9.97 Å². The van der Waals surface area contributed by atoms with Gasteiger partial charge in [0.2, 0.25) is 0 Å². The Morgan fingerprint density at radius 3 is 2.41 bits per heavy atom. The maximum atomic E-state index is 13.7. The average Bonchev–Trinajstić information content (AvgIpc) is 2.24. The van der Waals surface area contributed by atoms with Crippen molar-refractivity contribution in [3.05, 3.63) is 41.2 Å². The van der Waals surface area contributed by atoms with Crippen LogP contribution in [0.2, 0.25) is 0 Å². The van der Waals surface area contributed by atoms with Crippen molar-refractivity contribution in [2.45, 2.75) is 13.8 Å². The second-order valence-corrected chi connectivity index (χ2v) is 3.78. The zero-order chi connectivity index (χ0) is 12.6. The number of anilines is 1. The van der Waals surface area contributed by atoms with Gasteiger partial charge in [0.05, 0.1) is 5.69 Å². The molecule has 0 spiro atoms. The highest BCUT2D eigenvalue weighted by Crippen LogP contribution is 2.25. The van der Waals surface area contributed by atoms with Crippen molar-refractivity contribution in [2.75, 3.05) is 5.73 Å². The first-order valence-electron chi connectivity index (χ1n) is 5.05. The van der Waals surface area contributed by atoms with Crippen LogP contribution in [0.5, 0.6) is 0 Å². The molecular weight excluding hydrogens is 224 g/mol. The van der Waals surface area contributed by atoms with E-state index < -0.39 is 11.6 Å². The van der Waals surface area contributed by atoms with Gasteiger partial charge < -0.3 is 5.73 Å². The van der Waals surface area contributed by atoms with E-state index in [0.717, 1.165) is 0 Å². The maximum absolute atomic E-state index is 13.7. The van der Waals surface area contributed by atoms with Crippen LogP contribution in [-0.2, 0) is 0 Å². The van der Waals surface area contributed by atoms with Crippen molar-refractivity contribution >= 4 is 5.82 Å². The molecule has 88 valence electrons. The van der Waals surface area contributed by atoms with Gasteiger partial charge in [-0.15, -0.1) is 0 Å². The highest BCUT2D eigenvalue weighted by Gasteiger charge is 2.14. The summed E-state index contributed by atoms with van der Waals surface area (Å²) in [6.45, 7) is 3.14. The number of hydrogen-bond acceptors (Lipinski definition) is 3. The number of rotatable bonds is 1. The molecule has 0 amide bonds. The van der Waals surface area contributed by atoms with Gasteiger partial charge in [0.25, 0.3) is 0 Å². The summed E-state index contributed by atoms with van der Waals surface area (Å²) in [5.74, 6) is -1.13. The molecule has 0 atom stereocenters. The minimum Gasteiger partial charge on any atom is -0.384 e. The highest BCUT2D eigenvalue weighted by atomic mass is 19.2. The maximum Gasteiger partial charge on any atom is 0.168 e. The predicted octanol–water partition coefficient (Wildman–Crippen LogP) is 2.62. The number of nitrogen functional groups attached to an aromatic ring is 1. The minimum atomic E-state index is -0.914. The van der Waals surface area contributed by atoms with Gasteiger partial charge in [-0.25, -0.2) is 18.7 Å². The van der Waals surface area contributed by atoms with Crippen molar-refractivity contribution in [2.24, 2.45) is 0 Å². The van der Waals surface area contributed by atoms with Crippen LogP contribution in [0.1, 0.15) is 11.4 Å². The molecule has 17 heavy (non-hydrogen) atoms. The Morgan fingerprint density at radius 2 is 1.76 bits per heavy atom. The fourth-order valence-corrected chi connectivity index (χ4v) is 1.57. The monoisotopic (exact) mass is 235 g/mol. The lowest BCUT2D eigenvalue weighted by atomic mass is 10.1. The molecule has 0 aliphatic rings. The lowest BCUT2D eigenvalue weighted by Gasteiger charge is -2.06. The number of halogens is 2. The molecule has 3 nitrogen and oxygen atoms in total. The summed E-state index contributed by atoms with van der Waals surface area (Å²) in [5.41, 5.74) is 6.17. The summed E-state index contributed by atoms with van der Waals surface area (Å²) in [4.78, 5) is 7.92. The fourth-order valence-electron chi connectivity index (χ4n) is 1.57. The number of aromatic nitrogens is 2. The normalized spacial score (nSPS) is 10.6. The molecule has 1 aromatic heterocycles. The largest absolute Gasteiger partial charge is 0.384 e. The van der Waals surface area contributed by atoms with E-state index in [1.165, 1.54) is 25.1 Å². The van der Waals surface area contributed by atoms with Crippen LogP contribution in [0.25, 0.3) is 11.3 Å². The van der Waals surface area contributed by atoms with Gasteiger partial charge in [-0.2, -0.15) is 0 Å². The van der Waals surface area contributed by atoms with Crippen molar-refractivity contribution in [1.29, 1.82) is 0 Å². The topological polar surface area (TPSA) is 51.8 Å². The first kappa shape index (κ1) is 11.4. The third-order valence-corrected chi connectivity index (χ3v) is 2.41. The van der Waals surface area contributed by atoms with Crippen LogP contribution in [0, 0.1) is 25.5 Å². The van der Waals surface area contributed by atoms with Crippen LogP contribution in [0.15, 0.2) is 18.2 Å². The Balaban J connectivity index is 2.64. The second-order valence-electron chi connectivity index (χ2n) is 3.78. The molecule has 0 radical (unpaired) electrons. The van der Waals surface area contributed by atoms with Gasteiger partial charge in [0, 0.05) is 11.6 Å². The molecule has 2 rings (SSSR count). The minimum absolute atomic E-state index is 0.0882. The van der Waals surface area contributed by atoms with E-state index in [0.29, 0.717) is 5.82 Å². The third-order valence-electron chi connectivity index (χ3n) is 2.41. The van der Waals surface area contributed by atoms with Gasteiger partial charge in [-0.3, -0.25) is 0 Å². The average molecular weight is 235 g/mol. The van der Waals surface area contributed by atoms with Gasteiger partial charge in [-0.05, 0) is 25.5 Å². The van der Waals surface area contributed by atoms with Crippen LogP contribution < -0.4 is 5.73 Å². The summed E-state index contributed by atoms with van der Waals surface area (Å²) in [7, 11) is 0. The summed E-state index contributed by atoms with van der Waals surface area (Å²) in [6, 6.07) is 4.40. The molecule has 2 aromatic rings. The zero-order valence-corrected chi connectivity index (χ0v) is 9.46. The number of nitrogens with two attached hydrogens (primary N) is 1. The Bertz CT molecular complexity index is 562. The molecule has 0 saturated heterocycles. The standard InChI is InChI=1S/C12H11F2N3/c1-6-3-4-8(12(14)11(6)13)9-5-10(15)17-7(2)16-9/h3-5H,1-2H3,(H2,15,16,17). The van der Waals surface area contributed by atoms with Crippen LogP contribution in [0.4, 0.5) is 14.6 Å². The van der Waals surface area contributed by atoms with Gasteiger partial charge in [0.1, 0.15) is 11.6 Å². The Kier molecular flexibility index (Phi) is 2.75. The number of nitrogens with zero attached hydrogens (tertiary/aromatic N) is 2. The van der Waals surface area contributed by atoms with Crippen molar-refractivity contribution < 1.29 is 8.78 Å². The molecule has 1 aromatic carbocycles. The van der Waals surface area contributed by atoms with E-state index in [4.69, 9.17) is 5.73 Å². The highest BCUT2D eigenvalue weighted by molar-refractivity contribution is 5.63.